The van der Waals surface area contributed by atoms with Gasteiger partial charge in [-0.25, -0.2) is 4.98 Å². The fourth-order valence-electron chi connectivity index (χ4n) is 5.04. The van der Waals surface area contributed by atoms with Crippen molar-refractivity contribution in [2.75, 3.05) is 38.5 Å². The summed E-state index contributed by atoms with van der Waals surface area (Å²) >= 11 is 0. The molecule has 2 aliphatic heterocycles. The van der Waals surface area contributed by atoms with E-state index in [-0.39, 0.29) is 23.9 Å². The summed E-state index contributed by atoms with van der Waals surface area (Å²) in [5.74, 6) is 0.836. The number of nitrogens with one attached hydrogen (secondary N) is 1. The van der Waals surface area contributed by atoms with Crippen molar-refractivity contribution in [1.82, 2.24) is 19.4 Å². The van der Waals surface area contributed by atoms with Gasteiger partial charge in [-0.15, -0.1) is 0 Å². The molecule has 34 heavy (non-hydrogen) atoms. The fourth-order valence-corrected chi connectivity index (χ4v) is 5.04. The van der Waals surface area contributed by atoms with Gasteiger partial charge in [0.25, 0.3) is 5.56 Å². The molecule has 2 N–H and O–H groups in total. The second-order valence-corrected chi connectivity index (χ2v) is 10.0. The molecule has 0 spiro atoms. The molecule has 1 aromatic carbocycles. The molecule has 1 amide bonds. The molecule has 0 aliphatic carbocycles. The quantitative estimate of drug-likeness (QED) is 0.619. The molecule has 3 heterocycles. The van der Waals surface area contributed by atoms with Crippen molar-refractivity contribution in [3.05, 3.63) is 58.6 Å². The van der Waals surface area contributed by atoms with Crippen LogP contribution in [0.25, 0.3) is 0 Å². The normalized spacial score (nSPS) is 21.4. The van der Waals surface area contributed by atoms with Crippen molar-refractivity contribution in [1.29, 1.82) is 0 Å². The first-order valence-corrected chi connectivity index (χ1v) is 12.4. The lowest BCUT2D eigenvalue weighted by Gasteiger charge is -2.38. The van der Waals surface area contributed by atoms with Crippen LogP contribution in [0, 0.1) is 0 Å². The van der Waals surface area contributed by atoms with Gasteiger partial charge in [0.1, 0.15) is 5.82 Å². The Bertz CT molecular complexity index is 1020. The summed E-state index contributed by atoms with van der Waals surface area (Å²) < 4.78 is 1.47. The van der Waals surface area contributed by atoms with Gasteiger partial charge in [0.15, 0.2) is 0 Å². The molecule has 0 bridgehead atoms. The first-order valence-electron chi connectivity index (χ1n) is 12.4. The van der Waals surface area contributed by atoms with Crippen LogP contribution >= 0.6 is 0 Å². The van der Waals surface area contributed by atoms with Crippen molar-refractivity contribution in [3.8, 4) is 0 Å². The Morgan fingerprint density at radius 1 is 1.24 bits per heavy atom. The number of aromatic nitrogens is 2. The third-order valence-corrected chi connectivity index (χ3v) is 7.43. The van der Waals surface area contributed by atoms with E-state index >= 15 is 0 Å². The van der Waals surface area contributed by atoms with E-state index in [1.807, 2.05) is 35.2 Å². The van der Waals surface area contributed by atoms with Crippen LogP contribution in [-0.2, 0) is 11.3 Å². The minimum absolute atomic E-state index is 0.112. The zero-order chi connectivity index (χ0) is 24.1. The molecule has 2 atom stereocenters. The largest absolute Gasteiger partial charge is 0.388 e. The highest BCUT2D eigenvalue weighted by molar-refractivity contribution is 5.77. The van der Waals surface area contributed by atoms with E-state index in [1.165, 1.54) is 23.4 Å². The van der Waals surface area contributed by atoms with Crippen molar-refractivity contribution in [2.24, 2.45) is 0 Å². The molecule has 2 aliphatic rings. The van der Waals surface area contributed by atoms with E-state index in [9.17, 15) is 14.7 Å². The van der Waals surface area contributed by atoms with Gasteiger partial charge in [-0.3, -0.25) is 14.2 Å². The van der Waals surface area contributed by atoms with E-state index in [4.69, 9.17) is 0 Å². The Kier molecular flexibility index (Phi) is 7.68. The Morgan fingerprint density at radius 2 is 1.97 bits per heavy atom. The van der Waals surface area contributed by atoms with Crippen LogP contribution in [0.5, 0.6) is 0 Å². The van der Waals surface area contributed by atoms with E-state index in [0.717, 1.165) is 25.1 Å². The van der Waals surface area contributed by atoms with Crippen molar-refractivity contribution >= 4 is 11.7 Å². The maximum atomic E-state index is 12.8. The Balaban J connectivity index is 1.27. The van der Waals surface area contributed by atoms with Crippen molar-refractivity contribution in [2.45, 2.75) is 63.1 Å². The molecule has 0 saturated carbocycles. The maximum absolute atomic E-state index is 12.8. The molecule has 2 fully saturated rings. The monoisotopic (exact) mass is 467 g/mol. The SMILES string of the molecule is CC(CC(=O)N1CCC(O)(Cn2cnc(NCC3CCCN3C)cc2=O)CC1)c1ccccc1. The summed E-state index contributed by atoms with van der Waals surface area (Å²) in [6.07, 6.45) is 5.21. The third kappa shape index (κ3) is 6.04. The number of nitrogens with zero attached hydrogens (tertiary/aromatic N) is 4. The third-order valence-electron chi connectivity index (χ3n) is 7.43. The van der Waals surface area contributed by atoms with Gasteiger partial charge >= 0.3 is 0 Å². The van der Waals surface area contributed by atoms with E-state index in [0.29, 0.717) is 44.2 Å². The summed E-state index contributed by atoms with van der Waals surface area (Å²) in [7, 11) is 2.12. The molecule has 0 radical (unpaired) electrons. The van der Waals surface area contributed by atoms with Gasteiger partial charge in [0.05, 0.1) is 18.5 Å². The average Bonchev–Trinajstić information content (AvgIpc) is 3.25. The highest BCUT2D eigenvalue weighted by Crippen LogP contribution is 2.26. The molecular formula is C26H37N5O3. The maximum Gasteiger partial charge on any atom is 0.255 e. The number of piperidine rings is 1. The number of hydrogen-bond acceptors (Lipinski definition) is 6. The molecule has 4 rings (SSSR count). The lowest BCUT2D eigenvalue weighted by Crippen LogP contribution is -2.49. The molecule has 184 valence electrons. The Labute approximate surface area is 201 Å². The lowest BCUT2D eigenvalue weighted by molar-refractivity contribution is -0.136. The number of rotatable bonds is 8. The standard InChI is InChI=1S/C26H37N5O3/c1-20(21-7-4-3-5-8-21)15-24(32)30-13-10-26(34,11-14-30)18-31-19-28-23(16-25(31)33)27-17-22-9-6-12-29(22)2/h3-5,7-8,16,19-20,22,27,34H,6,9-15,17-18H2,1-2H3. The minimum Gasteiger partial charge on any atom is -0.388 e. The average molecular weight is 468 g/mol. The van der Waals surface area contributed by atoms with Crippen LogP contribution in [0.3, 0.4) is 0 Å². The molecule has 2 unspecified atom stereocenters. The number of likely N-dealkylation sites (N-methyl/N-ethyl adjacent to an activating group) is 1. The number of aliphatic hydroxyl groups is 1. The summed E-state index contributed by atoms with van der Waals surface area (Å²) in [5.41, 5.74) is -0.0419. The molecule has 1 aromatic heterocycles. The molecular weight excluding hydrogens is 430 g/mol. The Morgan fingerprint density at radius 3 is 2.62 bits per heavy atom. The second kappa shape index (κ2) is 10.7. The van der Waals surface area contributed by atoms with Gasteiger partial charge < -0.3 is 20.2 Å². The second-order valence-electron chi connectivity index (χ2n) is 10.0. The van der Waals surface area contributed by atoms with E-state index < -0.39 is 5.60 Å². The first kappa shape index (κ1) is 24.4. The first-order chi connectivity index (χ1) is 16.3. The van der Waals surface area contributed by atoms with Gasteiger partial charge in [-0.2, -0.15) is 0 Å². The topological polar surface area (TPSA) is 90.7 Å². The van der Waals surface area contributed by atoms with Crippen molar-refractivity contribution < 1.29 is 9.90 Å². The predicted octanol–water partition coefficient (Wildman–Crippen LogP) is 2.30. The molecule has 2 saturated heterocycles. The summed E-state index contributed by atoms with van der Waals surface area (Å²) in [6.45, 7) is 5.12. The summed E-state index contributed by atoms with van der Waals surface area (Å²) in [6, 6.07) is 12.0. The number of amides is 1. The van der Waals surface area contributed by atoms with Gasteiger partial charge in [-0.1, -0.05) is 37.3 Å². The summed E-state index contributed by atoms with van der Waals surface area (Å²) in [4.78, 5) is 34.0. The van der Waals surface area contributed by atoms with Gasteiger partial charge in [-0.05, 0) is 50.8 Å². The lowest BCUT2D eigenvalue weighted by atomic mass is 9.90. The smallest absolute Gasteiger partial charge is 0.255 e. The van der Waals surface area contributed by atoms with Crippen LogP contribution in [0.15, 0.2) is 47.5 Å². The highest BCUT2D eigenvalue weighted by atomic mass is 16.3. The Hall–Kier alpha value is -2.71. The molecule has 2 aromatic rings. The van der Waals surface area contributed by atoms with E-state index in [1.54, 1.807) is 0 Å². The van der Waals surface area contributed by atoms with Gasteiger partial charge in [0, 0.05) is 38.2 Å². The molecule has 8 nitrogen and oxygen atoms in total. The fraction of sp³-hybridized carbons (Fsp3) is 0.577. The van der Waals surface area contributed by atoms with Crippen LogP contribution in [-0.4, -0.2) is 75.2 Å². The number of carbonyl (C=O) groups is 1. The predicted molar refractivity (Wildman–Crippen MR) is 133 cm³/mol. The van der Waals surface area contributed by atoms with Crippen LogP contribution in [0.1, 0.15) is 50.5 Å². The molecule has 8 heteroatoms. The summed E-state index contributed by atoms with van der Waals surface area (Å²) in [5, 5.41) is 14.4. The van der Waals surface area contributed by atoms with E-state index in [2.05, 4.69) is 29.2 Å². The minimum atomic E-state index is -1.02. The van der Waals surface area contributed by atoms with Crippen LogP contribution in [0.4, 0.5) is 5.82 Å². The number of likely N-dealkylation sites (tertiary alicyclic amines) is 2. The zero-order valence-corrected chi connectivity index (χ0v) is 20.3. The van der Waals surface area contributed by atoms with Crippen LogP contribution in [0.2, 0.25) is 0 Å². The number of anilines is 1. The van der Waals surface area contributed by atoms with Gasteiger partial charge in [0.2, 0.25) is 5.91 Å². The number of hydrogen-bond donors (Lipinski definition) is 2. The zero-order valence-electron chi connectivity index (χ0n) is 20.3. The highest BCUT2D eigenvalue weighted by Gasteiger charge is 2.35. The number of benzene rings is 1. The van der Waals surface area contributed by atoms with Crippen LogP contribution < -0.4 is 10.9 Å². The number of carbonyl (C=O) groups excluding carboxylic acids is 1. The van der Waals surface area contributed by atoms with Crippen molar-refractivity contribution in [3.63, 3.8) is 0 Å².